The Kier molecular flexibility index (Phi) is 8.33. The average molecular weight is 595 g/mol. The van der Waals surface area contributed by atoms with Gasteiger partial charge >= 0.3 is 11.9 Å². The second kappa shape index (κ2) is 11.1. The molecule has 4 N–H and O–H groups in total. The van der Waals surface area contributed by atoms with Crippen LogP contribution in [-0.4, -0.2) is 43.6 Å². The van der Waals surface area contributed by atoms with E-state index < -0.39 is 28.6 Å². The molecule has 0 saturated heterocycles. The van der Waals surface area contributed by atoms with E-state index in [1.54, 1.807) is 0 Å². The summed E-state index contributed by atoms with van der Waals surface area (Å²) in [6.45, 7) is 18.9. The van der Waals surface area contributed by atoms with Gasteiger partial charge in [-0.1, -0.05) is 6.58 Å². The molecule has 2 atom stereocenters. The molecule has 0 spiro atoms. The first-order valence-corrected chi connectivity index (χ1v) is 15.1. The molecule has 0 radical (unpaired) electrons. The van der Waals surface area contributed by atoms with Gasteiger partial charge in [-0.25, -0.2) is 4.79 Å². The summed E-state index contributed by atoms with van der Waals surface area (Å²) >= 11 is 0. The molecular formula is C35H46O8. The average Bonchev–Trinajstić information content (AvgIpc) is 2.96. The number of fused-ring (bicyclic) bond motifs is 2. The van der Waals surface area contributed by atoms with Crippen molar-refractivity contribution < 1.29 is 39.5 Å². The molecular weight excluding hydrogens is 548 g/mol. The number of aromatic hydroxyl groups is 2. The predicted molar refractivity (Wildman–Crippen MR) is 165 cm³/mol. The molecule has 8 nitrogen and oxygen atoms in total. The Morgan fingerprint density at radius 1 is 0.721 bits per heavy atom. The molecule has 0 amide bonds. The molecule has 43 heavy (non-hydrogen) atoms. The van der Waals surface area contributed by atoms with Gasteiger partial charge in [0.2, 0.25) is 0 Å². The molecule has 2 heterocycles. The summed E-state index contributed by atoms with van der Waals surface area (Å²) in [4.78, 5) is 25.3. The number of hydrogen-bond acceptors (Lipinski definition) is 6. The molecule has 2 aliphatic heterocycles. The lowest BCUT2D eigenvalue weighted by Crippen LogP contribution is -2.44. The number of carbonyl (C=O) groups is 2. The van der Waals surface area contributed by atoms with Crippen molar-refractivity contribution in [1.29, 1.82) is 0 Å². The van der Waals surface area contributed by atoms with E-state index in [-0.39, 0.29) is 29.9 Å². The molecule has 8 heteroatoms. The van der Waals surface area contributed by atoms with Gasteiger partial charge in [-0.3, -0.25) is 4.79 Å². The fraction of sp³-hybridized carbons (Fsp3) is 0.543. The Labute approximate surface area is 254 Å². The third-order valence-corrected chi connectivity index (χ3v) is 10.6. The summed E-state index contributed by atoms with van der Waals surface area (Å²) in [5.41, 5.74) is 3.14. The number of hydrogen-bond donors (Lipinski definition) is 4. The van der Waals surface area contributed by atoms with Crippen LogP contribution in [0.15, 0.2) is 12.2 Å². The Bertz CT molecular complexity index is 1430. The van der Waals surface area contributed by atoms with Crippen LogP contribution in [0.1, 0.15) is 96.9 Å². The van der Waals surface area contributed by atoms with Crippen molar-refractivity contribution >= 4 is 11.9 Å². The van der Waals surface area contributed by atoms with Crippen molar-refractivity contribution in [2.45, 2.75) is 118 Å². The van der Waals surface area contributed by atoms with Gasteiger partial charge in [0.1, 0.15) is 34.2 Å². The lowest BCUT2D eigenvalue weighted by atomic mass is 9.69. The third-order valence-electron chi connectivity index (χ3n) is 10.6. The fourth-order valence-corrected chi connectivity index (χ4v) is 6.87. The first-order chi connectivity index (χ1) is 19.9. The van der Waals surface area contributed by atoms with Gasteiger partial charge in [-0.15, -0.1) is 0 Å². The molecule has 234 valence electrons. The van der Waals surface area contributed by atoms with Crippen LogP contribution in [-0.2, 0) is 22.4 Å². The summed E-state index contributed by atoms with van der Waals surface area (Å²) < 4.78 is 13.1. The van der Waals surface area contributed by atoms with E-state index in [9.17, 15) is 30.0 Å². The van der Waals surface area contributed by atoms with Crippen LogP contribution in [0.5, 0.6) is 23.0 Å². The quantitative estimate of drug-likeness (QED) is 0.226. The molecule has 0 aromatic heterocycles. The number of phenols is 2. The van der Waals surface area contributed by atoms with Crippen LogP contribution in [0.4, 0.5) is 0 Å². The minimum absolute atomic E-state index is 0.0339. The maximum atomic E-state index is 13.0. The maximum Gasteiger partial charge on any atom is 0.332 e. The standard InChI is InChI=1S/C35H46O8/c1-18-20(3)29-25(22(5)27(18)36)10-12-33(8,42-29)14-16-35(32(40)41,24(7)31(38)39)17-15-34(9)13-11-26-23(6)28(37)19(2)21(4)30(26)43-34/h36-37H,7,10-17H2,1-6,8-9H3,(H,38,39)(H,40,41). The Morgan fingerprint density at radius 2 is 1.09 bits per heavy atom. The summed E-state index contributed by atoms with van der Waals surface area (Å²) in [6, 6.07) is 0. The SMILES string of the molecule is C=C(C(=O)O)C(CCC1(C)CCc2c(C)c(O)c(C)c(C)c2O1)(CCC1(C)CCc2c(C)c(O)c(C)c(C)c2O1)C(=O)O. The van der Waals surface area contributed by atoms with E-state index in [0.717, 1.165) is 44.5 Å². The summed E-state index contributed by atoms with van der Waals surface area (Å²) in [5, 5.41) is 41.7. The number of carboxylic acid groups (broad SMARTS) is 2. The van der Waals surface area contributed by atoms with E-state index in [4.69, 9.17) is 9.47 Å². The van der Waals surface area contributed by atoms with Crippen molar-refractivity contribution in [2.75, 3.05) is 0 Å². The van der Waals surface area contributed by atoms with Crippen LogP contribution in [0.25, 0.3) is 0 Å². The normalized spacial score (nSPS) is 22.4. The van der Waals surface area contributed by atoms with Crippen molar-refractivity contribution in [3.8, 4) is 23.0 Å². The van der Waals surface area contributed by atoms with Gasteiger partial charge < -0.3 is 29.9 Å². The minimum atomic E-state index is -1.73. The summed E-state index contributed by atoms with van der Waals surface area (Å²) in [5.74, 6) is -0.590. The topological polar surface area (TPSA) is 134 Å². The van der Waals surface area contributed by atoms with Gasteiger partial charge in [0.05, 0.1) is 5.41 Å². The van der Waals surface area contributed by atoms with Crippen LogP contribution < -0.4 is 9.47 Å². The van der Waals surface area contributed by atoms with Crippen LogP contribution in [0.2, 0.25) is 0 Å². The van der Waals surface area contributed by atoms with E-state index in [1.807, 2.05) is 55.4 Å². The van der Waals surface area contributed by atoms with E-state index in [1.165, 1.54) is 0 Å². The number of phenolic OH excluding ortho intramolecular Hbond substituents is 2. The Morgan fingerprint density at radius 3 is 1.42 bits per heavy atom. The first-order valence-electron chi connectivity index (χ1n) is 15.1. The fourth-order valence-electron chi connectivity index (χ4n) is 6.87. The number of rotatable bonds is 9. The largest absolute Gasteiger partial charge is 0.507 e. The van der Waals surface area contributed by atoms with Gasteiger partial charge in [-0.2, -0.15) is 0 Å². The van der Waals surface area contributed by atoms with E-state index >= 15 is 0 Å². The van der Waals surface area contributed by atoms with Crippen LogP contribution >= 0.6 is 0 Å². The molecule has 2 unspecified atom stereocenters. The molecule has 2 aromatic rings. The van der Waals surface area contributed by atoms with Gasteiger partial charge in [0, 0.05) is 16.7 Å². The van der Waals surface area contributed by atoms with Crippen molar-refractivity contribution in [2.24, 2.45) is 5.41 Å². The molecule has 0 saturated carbocycles. The monoisotopic (exact) mass is 594 g/mol. The zero-order chi connectivity index (χ0) is 32.2. The molecule has 2 aliphatic rings. The maximum absolute atomic E-state index is 13.0. The number of aliphatic carboxylic acids is 2. The minimum Gasteiger partial charge on any atom is -0.507 e. The highest BCUT2D eigenvalue weighted by Crippen LogP contribution is 2.49. The zero-order valence-corrected chi connectivity index (χ0v) is 26.8. The molecule has 4 rings (SSSR count). The van der Waals surface area contributed by atoms with Crippen LogP contribution in [0.3, 0.4) is 0 Å². The number of carboxylic acids is 2. The molecule has 0 fully saturated rings. The van der Waals surface area contributed by atoms with Gasteiger partial charge in [-0.05, 0) is 140 Å². The van der Waals surface area contributed by atoms with Gasteiger partial charge in [0.25, 0.3) is 0 Å². The third kappa shape index (κ3) is 5.45. The molecule has 0 bridgehead atoms. The van der Waals surface area contributed by atoms with Crippen LogP contribution in [0, 0.1) is 47.0 Å². The zero-order valence-electron chi connectivity index (χ0n) is 26.8. The molecule has 0 aliphatic carbocycles. The summed E-state index contributed by atoms with van der Waals surface area (Å²) in [6.07, 6.45) is 3.19. The lowest BCUT2D eigenvalue weighted by molar-refractivity contribution is -0.152. The highest BCUT2D eigenvalue weighted by atomic mass is 16.5. The Balaban J connectivity index is 1.62. The predicted octanol–water partition coefficient (Wildman–Crippen LogP) is 7.09. The first kappa shape index (κ1) is 32.2. The second-order valence-electron chi connectivity index (χ2n) is 13.3. The smallest absolute Gasteiger partial charge is 0.332 e. The van der Waals surface area contributed by atoms with Crippen molar-refractivity contribution in [3.63, 3.8) is 0 Å². The highest BCUT2D eigenvalue weighted by molar-refractivity contribution is 5.96. The van der Waals surface area contributed by atoms with E-state index in [0.29, 0.717) is 50.0 Å². The number of ether oxygens (including phenoxy) is 2. The molecule has 2 aromatic carbocycles. The Hall–Kier alpha value is -3.68. The summed E-state index contributed by atoms with van der Waals surface area (Å²) in [7, 11) is 0. The highest BCUT2D eigenvalue weighted by Gasteiger charge is 2.48. The number of benzene rings is 2. The lowest BCUT2D eigenvalue weighted by Gasteiger charge is -2.42. The van der Waals surface area contributed by atoms with Crippen molar-refractivity contribution in [3.05, 3.63) is 56.7 Å². The second-order valence-corrected chi connectivity index (χ2v) is 13.3. The van der Waals surface area contributed by atoms with Gasteiger partial charge in [0.15, 0.2) is 0 Å². The van der Waals surface area contributed by atoms with Crippen molar-refractivity contribution in [1.82, 2.24) is 0 Å². The van der Waals surface area contributed by atoms with E-state index in [2.05, 4.69) is 6.58 Å².